The second-order valence-electron chi connectivity index (χ2n) is 6.95. The largest absolute Gasteiger partial charge is 0.378 e. The predicted molar refractivity (Wildman–Crippen MR) is 121 cm³/mol. The summed E-state index contributed by atoms with van der Waals surface area (Å²) in [6.07, 6.45) is 0. The van der Waals surface area contributed by atoms with E-state index in [0.717, 1.165) is 47.5 Å². The Bertz CT molecular complexity index is 1060. The van der Waals surface area contributed by atoms with E-state index >= 15 is 0 Å². The first-order valence-electron chi connectivity index (χ1n) is 9.85. The molecular formula is C23H21N3O4S. The number of amides is 1. The van der Waals surface area contributed by atoms with Gasteiger partial charge >= 0.3 is 0 Å². The number of rotatable bonds is 6. The van der Waals surface area contributed by atoms with Gasteiger partial charge in [0.2, 0.25) is 0 Å². The van der Waals surface area contributed by atoms with Gasteiger partial charge in [0.15, 0.2) is 0 Å². The van der Waals surface area contributed by atoms with Crippen LogP contribution in [0, 0.1) is 10.1 Å². The first-order chi connectivity index (χ1) is 15.1. The van der Waals surface area contributed by atoms with Crippen LogP contribution in [0.2, 0.25) is 0 Å². The molecule has 1 fully saturated rings. The molecule has 8 heteroatoms. The number of hydrogen-bond donors (Lipinski definition) is 1. The number of morpholine rings is 1. The van der Waals surface area contributed by atoms with E-state index in [4.69, 9.17) is 4.74 Å². The lowest BCUT2D eigenvalue weighted by atomic mass is 10.2. The Kier molecular flexibility index (Phi) is 6.49. The Hall–Kier alpha value is -3.36. The van der Waals surface area contributed by atoms with Crippen molar-refractivity contribution in [1.29, 1.82) is 0 Å². The highest BCUT2D eigenvalue weighted by Gasteiger charge is 2.14. The molecule has 1 amide bonds. The Morgan fingerprint density at radius 1 is 0.968 bits per heavy atom. The van der Waals surface area contributed by atoms with Gasteiger partial charge in [-0.05, 0) is 48.5 Å². The zero-order chi connectivity index (χ0) is 21.6. The molecule has 0 spiro atoms. The first-order valence-corrected chi connectivity index (χ1v) is 10.7. The lowest BCUT2D eigenvalue weighted by molar-refractivity contribution is -0.384. The number of nitrogens with zero attached hydrogens (tertiary/aromatic N) is 2. The predicted octanol–water partition coefficient (Wildman–Crippen LogP) is 4.83. The summed E-state index contributed by atoms with van der Waals surface area (Å²) in [7, 11) is 0. The molecule has 0 saturated carbocycles. The minimum absolute atomic E-state index is 0.0379. The highest BCUT2D eigenvalue weighted by Crippen LogP contribution is 2.32. The molecule has 158 valence electrons. The Balaban J connectivity index is 1.45. The van der Waals surface area contributed by atoms with Gasteiger partial charge in [-0.3, -0.25) is 14.9 Å². The van der Waals surface area contributed by atoms with Crippen LogP contribution in [-0.2, 0) is 4.74 Å². The van der Waals surface area contributed by atoms with Gasteiger partial charge in [-0.2, -0.15) is 0 Å². The average molecular weight is 436 g/mol. The monoisotopic (exact) mass is 435 g/mol. The SMILES string of the molecule is O=C(Nc1ccc(N2CCOCC2)cc1)c1ccccc1Sc1ccc([N+](=O)[O-])cc1. The van der Waals surface area contributed by atoms with Gasteiger partial charge < -0.3 is 15.0 Å². The zero-order valence-corrected chi connectivity index (χ0v) is 17.5. The van der Waals surface area contributed by atoms with Crippen LogP contribution in [0.25, 0.3) is 0 Å². The normalized spacial score (nSPS) is 13.6. The summed E-state index contributed by atoms with van der Waals surface area (Å²) in [5, 5.41) is 13.8. The number of nitro groups is 1. The van der Waals surface area contributed by atoms with E-state index in [9.17, 15) is 14.9 Å². The van der Waals surface area contributed by atoms with Crippen molar-refractivity contribution in [3.8, 4) is 0 Å². The van der Waals surface area contributed by atoms with Crippen molar-refractivity contribution in [3.63, 3.8) is 0 Å². The molecule has 0 atom stereocenters. The third-order valence-corrected chi connectivity index (χ3v) is 5.99. The third kappa shape index (κ3) is 5.22. The van der Waals surface area contributed by atoms with Crippen molar-refractivity contribution in [2.45, 2.75) is 9.79 Å². The molecule has 0 radical (unpaired) electrons. The van der Waals surface area contributed by atoms with Crippen molar-refractivity contribution >= 4 is 34.7 Å². The van der Waals surface area contributed by atoms with E-state index < -0.39 is 4.92 Å². The Morgan fingerprint density at radius 2 is 1.65 bits per heavy atom. The van der Waals surface area contributed by atoms with Crippen molar-refractivity contribution < 1.29 is 14.5 Å². The lowest BCUT2D eigenvalue weighted by Gasteiger charge is -2.28. The van der Waals surface area contributed by atoms with Crippen LogP contribution >= 0.6 is 11.8 Å². The number of carbonyl (C=O) groups excluding carboxylic acids is 1. The molecule has 1 saturated heterocycles. The number of non-ortho nitro benzene ring substituents is 1. The quantitative estimate of drug-likeness (QED) is 0.441. The van der Waals surface area contributed by atoms with Gasteiger partial charge in [0.25, 0.3) is 11.6 Å². The molecule has 1 heterocycles. The third-order valence-electron chi connectivity index (χ3n) is 4.91. The maximum atomic E-state index is 12.9. The van der Waals surface area contributed by atoms with Gasteiger partial charge in [0.05, 0.1) is 23.7 Å². The van der Waals surface area contributed by atoms with Gasteiger partial charge in [-0.15, -0.1) is 0 Å². The maximum Gasteiger partial charge on any atom is 0.269 e. The molecule has 31 heavy (non-hydrogen) atoms. The van der Waals surface area contributed by atoms with Crippen LogP contribution in [0.3, 0.4) is 0 Å². The number of nitrogens with one attached hydrogen (secondary N) is 1. The smallest absolute Gasteiger partial charge is 0.269 e. The van der Waals surface area contributed by atoms with E-state index in [-0.39, 0.29) is 11.6 Å². The number of nitro benzene ring substituents is 1. The van der Waals surface area contributed by atoms with Crippen LogP contribution in [0.5, 0.6) is 0 Å². The van der Waals surface area contributed by atoms with Crippen LogP contribution in [0.4, 0.5) is 17.1 Å². The summed E-state index contributed by atoms with van der Waals surface area (Å²) in [6, 6.07) is 21.4. The summed E-state index contributed by atoms with van der Waals surface area (Å²) in [5.74, 6) is -0.205. The molecule has 1 aliphatic heterocycles. The summed E-state index contributed by atoms with van der Waals surface area (Å²) in [5.41, 5.74) is 2.41. The van der Waals surface area contributed by atoms with E-state index in [0.29, 0.717) is 5.56 Å². The molecule has 0 unspecified atom stereocenters. The molecule has 0 bridgehead atoms. The molecule has 3 aromatic rings. The maximum absolute atomic E-state index is 12.9. The van der Waals surface area contributed by atoms with Crippen molar-refractivity contribution in [2.75, 3.05) is 36.5 Å². The van der Waals surface area contributed by atoms with Gasteiger partial charge in [0, 0.05) is 46.4 Å². The zero-order valence-electron chi connectivity index (χ0n) is 16.7. The highest BCUT2D eigenvalue weighted by atomic mass is 32.2. The summed E-state index contributed by atoms with van der Waals surface area (Å²) < 4.78 is 5.39. The Labute approximate surface area is 184 Å². The molecule has 7 nitrogen and oxygen atoms in total. The highest BCUT2D eigenvalue weighted by molar-refractivity contribution is 7.99. The van der Waals surface area contributed by atoms with E-state index in [1.54, 1.807) is 18.2 Å². The van der Waals surface area contributed by atoms with Crippen LogP contribution in [0.15, 0.2) is 82.6 Å². The van der Waals surface area contributed by atoms with Crippen molar-refractivity contribution in [1.82, 2.24) is 0 Å². The minimum atomic E-state index is -0.430. The molecule has 3 aromatic carbocycles. The lowest BCUT2D eigenvalue weighted by Crippen LogP contribution is -2.36. The fraction of sp³-hybridized carbons (Fsp3) is 0.174. The van der Waals surface area contributed by atoms with Gasteiger partial charge in [0.1, 0.15) is 0 Å². The van der Waals surface area contributed by atoms with E-state index in [2.05, 4.69) is 10.2 Å². The number of ether oxygens (including phenoxy) is 1. The topological polar surface area (TPSA) is 84.7 Å². The molecule has 0 aliphatic carbocycles. The fourth-order valence-electron chi connectivity index (χ4n) is 3.28. The second kappa shape index (κ2) is 9.63. The second-order valence-corrected chi connectivity index (χ2v) is 8.07. The summed E-state index contributed by atoms with van der Waals surface area (Å²) in [6.45, 7) is 3.17. The fourth-order valence-corrected chi connectivity index (χ4v) is 4.23. The standard InChI is InChI=1S/C23H21N3O4S/c27-23(24-17-5-7-18(8-6-17)25-13-15-30-16-14-25)21-3-1-2-4-22(21)31-20-11-9-19(10-12-20)26(28)29/h1-12H,13-16H2,(H,24,27). The average Bonchev–Trinajstić information content (AvgIpc) is 2.81. The molecule has 4 rings (SSSR count). The van der Waals surface area contributed by atoms with Gasteiger partial charge in [-0.1, -0.05) is 23.9 Å². The van der Waals surface area contributed by atoms with Crippen LogP contribution in [-0.4, -0.2) is 37.1 Å². The van der Waals surface area contributed by atoms with E-state index in [1.165, 1.54) is 23.9 Å². The number of benzene rings is 3. The first kappa shape index (κ1) is 20.9. The Morgan fingerprint density at radius 3 is 2.32 bits per heavy atom. The molecular weight excluding hydrogens is 414 g/mol. The van der Waals surface area contributed by atoms with Crippen molar-refractivity contribution in [3.05, 3.63) is 88.5 Å². The number of hydrogen-bond acceptors (Lipinski definition) is 6. The molecule has 1 aliphatic rings. The summed E-state index contributed by atoms with van der Waals surface area (Å²) >= 11 is 1.39. The minimum Gasteiger partial charge on any atom is -0.378 e. The van der Waals surface area contributed by atoms with Crippen LogP contribution in [0.1, 0.15) is 10.4 Å². The van der Waals surface area contributed by atoms with Crippen molar-refractivity contribution in [2.24, 2.45) is 0 Å². The summed E-state index contributed by atoms with van der Waals surface area (Å²) in [4.78, 5) is 27.2. The molecule has 0 aromatic heterocycles. The van der Waals surface area contributed by atoms with Gasteiger partial charge in [-0.25, -0.2) is 0 Å². The van der Waals surface area contributed by atoms with E-state index in [1.807, 2.05) is 42.5 Å². The number of anilines is 2. The molecule has 1 N–H and O–H groups in total. The number of carbonyl (C=O) groups is 1. The van der Waals surface area contributed by atoms with Crippen LogP contribution < -0.4 is 10.2 Å².